The summed E-state index contributed by atoms with van der Waals surface area (Å²) in [6.07, 6.45) is 5.41. The van der Waals surface area contributed by atoms with Gasteiger partial charge < -0.3 is 10.7 Å². The molecule has 2 aromatic rings. The lowest BCUT2D eigenvalue weighted by molar-refractivity contribution is -0.121. The molecule has 0 aliphatic heterocycles. The van der Waals surface area contributed by atoms with Crippen molar-refractivity contribution in [3.8, 4) is 0 Å². The molecule has 0 unspecified atom stereocenters. The number of benzene rings is 1. The van der Waals surface area contributed by atoms with Crippen LogP contribution < -0.4 is 5.73 Å². The van der Waals surface area contributed by atoms with Crippen molar-refractivity contribution in [3.05, 3.63) is 59.8 Å². The molecule has 1 aliphatic carbocycles. The Balaban J connectivity index is 1.82. The maximum Gasteiger partial charge on any atom is 0.189 e. The van der Waals surface area contributed by atoms with Gasteiger partial charge in [0.15, 0.2) is 17.3 Å². The quantitative estimate of drug-likeness (QED) is 0.655. The minimum atomic E-state index is -0.867. The van der Waals surface area contributed by atoms with E-state index in [9.17, 15) is 14.4 Å². The average Bonchev–Trinajstić information content (AvgIpc) is 2.92. The number of fused-ring (bicyclic) bond motifs is 1. The Morgan fingerprint density at radius 1 is 1.18 bits per heavy atom. The molecular weight excluding hydrogens is 280 g/mol. The van der Waals surface area contributed by atoms with Crippen LogP contribution in [0.1, 0.15) is 5.56 Å². The molecule has 3 N–H and O–H groups in total. The van der Waals surface area contributed by atoms with Crippen molar-refractivity contribution in [3.63, 3.8) is 0 Å². The molecule has 0 saturated heterocycles. The molecular formula is C17H14N2O3. The van der Waals surface area contributed by atoms with Gasteiger partial charge in [-0.15, -0.1) is 0 Å². The first-order chi connectivity index (χ1) is 10.6. The van der Waals surface area contributed by atoms with Crippen LogP contribution in [-0.4, -0.2) is 28.4 Å². The smallest absolute Gasteiger partial charge is 0.189 e. The molecule has 0 saturated carbocycles. The molecule has 5 nitrogen and oxygen atoms in total. The van der Waals surface area contributed by atoms with Crippen LogP contribution in [0.3, 0.4) is 0 Å². The third-order valence-corrected chi connectivity index (χ3v) is 3.67. The third kappa shape index (κ3) is 2.54. The highest BCUT2D eigenvalue weighted by Gasteiger charge is 2.26. The summed E-state index contributed by atoms with van der Waals surface area (Å²) in [6.45, 7) is 0. The first kappa shape index (κ1) is 14.2. The van der Waals surface area contributed by atoms with Gasteiger partial charge in [0.2, 0.25) is 0 Å². The second-order valence-electron chi connectivity index (χ2n) is 5.19. The van der Waals surface area contributed by atoms with Gasteiger partial charge in [-0.1, -0.05) is 18.2 Å². The van der Waals surface area contributed by atoms with Crippen LogP contribution in [0.4, 0.5) is 0 Å². The molecule has 0 bridgehead atoms. The minimum Gasteiger partial charge on any atom is -0.361 e. The van der Waals surface area contributed by atoms with Gasteiger partial charge in [0.05, 0.1) is 11.6 Å². The Labute approximate surface area is 126 Å². The Hall–Kier alpha value is -2.79. The molecule has 1 aromatic carbocycles. The summed E-state index contributed by atoms with van der Waals surface area (Å²) >= 11 is 0. The molecule has 0 spiro atoms. The van der Waals surface area contributed by atoms with E-state index in [1.165, 1.54) is 0 Å². The second kappa shape index (κ2) is 5.54. The predicted molar refractivity (Wildman–Crippen MR) is 82.2 cm³/mol. The summed E-state index contributed by atoms with van der Waals surface area (Å²) in [7, 11) is 0. The van der Waals surface area contributed by atoms with Gasteiger partial charge in [-0.25, -0.2) is 0 Å². The van der Waals surface area contributed by atoms with E-state index >= 15 is 0 Å². The molecule has 110 valence electrons. The van der Waals surface area contributed by atoms with Crippen molar-refractivity contribution >= 4 is 28.3 Å². The van der Waals surface area contributed by atoms with E-state index < -0.39 is 17.6 Å². The first-order valence-electron chi connectivity index (χ1n) is 6.89. The van der Waals surface area contributed by atoms with E-state index in [0.29, 0.717) is 6.42 Å². The molecule has 0 radical (unpaired) electrons. The lowest BCUT2D eigenvalue weighted by Crippen LogP contribution is -2.36. The van der Waals surface area contributed by atoms with E-state index in [4.69, 9.17) is 5.73 Å². The molecule has 5 heteroatoms. The molecule has 3 rings (SSSR count). The fourth-order valence-electron chi connectivity index (χ4n) is 2.53. The summed E-state index contributed by atoms with van der Waals surface area (Å²) in [5.41, 5.74) is 7.67. The van der Waals surface area contributed by atoms with Crippen molar-refractivity contribution in [1.82, 2.24) is 4.98 Å². The van der Waals surface area contributed by atoms with E-state index in [0.717, 1.165) is 34.7 Å². The van der Waals surface area contributed by atoms with Gasteiger partial charge in [-0.2, -0.15) is 0 Å². The number of Topliss-reactive ketones (excluding diaryl/α,β-unsaturated/α-hetero) is 1. The Morgan fingerprint density at radius 3 is 2.77 bits per heavy atom. The van der Waals surface area contributed by atoms with Gasteiger partial charge in [-0.05, 0) is 30.2 Å². The van der Waals surface area contributed by atoms with Gasteiger partial charge >= 0.3 is 0 Å². The number of rotatable bonds is 4. The lowest BCUT2D eigenvalue weighted by atomic mass is 9.93. The van der Waals surface area contributed by atoms with Gasteiger partial charge in [-0.3, -0.25) is 14.4 Å². The summed E-state index contributed by atoms with van der Waals surface area (Å²) in [5, 5.41) is 0.991. The average molecular weight is 294 g/mol. The number of hydrogen-bond acceptors (Lipinski definition) is 4. The zero-order chi connectivity index (χ0) is 15.7. The zero-order valence-corrected chi connectivity index (χ0v) is 11.7. The number of H-pyrrole nitrogens is 1. The van der Waals surface area contributed by atoms with Crippen molar-refractivity contribution in [2.45, 2.75) is 12.5 Å². The number of hydrogen-bond donors (Lipinski definition) is 2. The maximum atomic E-state index is 12.3. The first-order valence-corrected chi connectivity index (χ1v) is 6.89. The highest BCUT2D eigenvalue weighted by molar-refractivity contribution is 6.31. The van der Waals surface area contributed by atoms with Crippen molar-refractivity contribution in [2.24, 2.45) is 5.73 Å². The summed E-state index contributed by atoms with van der Waals surface area (Å²) in [4.78, 5) is 38.5. The van der Waals surface area contributed by atoms with Gasteiger partial charge in [0.1, 0.15) is 0 Å². The van der Waals surface area contributed by atoms with E-state index in [-0.39, 0.29) is 11.4 Å². The number of para-hydroxylation sites is 1. The number of ketones is 3. The molecule has 1 aromatic heterocycles. The van der Waals surface area contributed by atoms with Crippen LogP contribution in [0.2, 0.25) is 0 Å². The lowest BCUT2D eigenvalue weighted by Gasteiger charge is -2.12. The van der Waals surface area contributed by atoms with Crippen molar-refractivity contribution < 1.29 is 14.4 Å². The predicted octanol–water partition coefficient (Wildman–Crippen LogP) is 1.24. The number of nitrogens with one attached hydrogen (secondary N) is 1. The monoisotopic (exact) mass is 294 g/mol. The van der Waals surface area contributed by atoms with Crippen LogP contribution in [0, 0.1) is 0 Å². The van der Waals surface area contributed by atoms with Crippen molar-refractivity contribution in [1.29, 1.82) is 0 Å². The zero-order valence-electron chi connectivity index (χ0n) is 11.7. The molecule has 1 heterocycles. The van der Waals surface area contributed by atoms with Crippen LogP contribution >= 0.6 is 0 Å². The molecule has 1 aliphatic rings. The Kier molecular flexibility index (Phi) is 3.56. The molecule has 22 heavy (non-hydrogen) atoms. The number of carbonyl (C=O) groups excluding carboxylic acids is 3. The number of carbonyl (C=O) groups is 3. The van der Waals surface area contributed by atoms with Crippen molar-refractivity contribution in [2.75, 3.05) is 0 Å². The second-order valence-corrected chi connectivity index (χ2v) is 5.19. The number of allylic oxidation sites excluding steroid dienone is 3. The molecule has 1 atom stereocenters. The van der Waals surface area contributed by atoms with Crippen LogP contribution in [-0.2, 0) is 20.8 Å². The van der Waals surface area contributed by atoms with E-state index in [1.807, 2.05) is 24.3 Å². The number of nitrogens with two attached hydrogens (primary N) is 1. The molecule has 0 amide bonds. The number of aromatic amines is 1. The van der Waals surface area contributed by atoms with Gasteiger partial charge in [0.25, 0.3) is 0 Å². The van der Waals surface area contributed by atoms with E-state index in [2.05, 4.69) is 4.98 Å². The van der Waals surface area contributed by atoms with Crippen LogP contribution in [0.5, 0.6) is 0 Å². The van der Waals surface area contributed by atoms with Gasteiger partial charge in [0, 0.05) is 23.2 Å². The maximum absolute atomic E-state index is 12.3. The summed E-state index contributed by atoms with van der Waals surface area (Å²) in [5.74, 6) is -1.35. The Bertz CT molecular complexity index is 842. The van der Waals surface area contributed by atoms with Crippen LogP contribution in [0.15, 0.2) is 54.3 Å². The minimum absolute atomic E-state index is 0.139. The summed E-state index contributed by atoms with van der Waals surface area (Å²) in [6, 6.07) is 6.83. The standard InChI is InChI=1S/C17H14N2O3/c18-14(17(22)13-8-11(20)5-6-16(13)21)7-10-9-19-15-4-2-1-3-12(10)15/h1-6,8-9,14,19H,7,18H2/t14-/m0/s1. The summed E-state index contributed by atoms with van der Waals surface area (Å²) < 4.78 is 0. The van der Waals surface area contributed by atoms with E-state index in [1.54, 1.807) is 6.20 Å². The highest BCUT2D eigenvalue weighted by atomic mass is 16.2. The molecule has 0 fully saturated rings. The fourth-order valence-corrected chi connectivity index (χ4v) is 2.53. The normalized spacial score (nSPS) is 16.0. The number of aromatic nitrogens is 1. The fraction of sp³-hybridized carbons (Fsp3) is 0.118. The SMILES string of the molecule is N[C@@H](Cc1c[nH]c2ccccc12)C(=O)C1=CC(=O)C=CC1=O. The highest BCUT2D eigenvalue weighted by Crippen LogP contribution is 2.20. The third-order valence-electron chi connectivity index (χ3n) is 3.67. The van der Waals surface area contributed by atoms with Crippen LogP contribution in [0.25, 0.3) is 10.9 Å². The largest absolute Gasteiger partial charge is 0.361 e. The Morgan fingerprint density at radius 2 is 1.95 bits per heavy atom. The topological polar surface area (TPSA) is 93.0 Å².